The summed E-state index contributed by atoms with van der Waals surface area (Å²) in [6.07, 6.45) is 5.70. The summed E-state index contributed by atoms with van der Waals surface area (Å²) in [4.78, 5) is 12.1. The number of nitrogens with zero attached hydrogens (tertiary/aromatic N) is 2. The fourth-order valence-electron chi connectivity index (χ4n) is 2.59. The Morgan fingerprint density at radius 1 is 1.12 bits per heavy atom. The molecule has 0 radical (unpaired) electrons. The summed E-state index contributed by atoms with van der Waals surface area (Å²) in [6.45, 7) is 2.64. The number of amides is 1. The maximum atomic E-state index is 12.1. The minimum absolute atomic E-state index is 0.0151. The molecular weight excluding hydrogens is 298 g/mol. The van der Waals surface area contributed by atoms with E-state index < -0.39 is 0 Å². The number of carbonyl (C=O) groups excluding carboxylic acids is 1. The van der Waals surface area contributed by atoms with Gasteiger partial charge in [-0.25, -0.2) is 4.68 Å². The summed E-state index contributed by atoms with van der Waals surface area (Å²) in [6, 6.07) is 17.7. The van der Waals surface area contributed by atoms with Gasteiger partial charge in [0.05, 0.1) is 11.9 Å². The zero-order valence-corrected chi connectivity index (χ0v) is 13.8. The normalized spacial score (nSPS) is 10.5. The van der Waals surface area contributed by atoms with Crippen LogP contribution >= 0.6 is 0 Å². The number of rotatable bonds is 6. The highest BCUT2D eigenvalue weighted by Crippen LogP contribution is 2.09. The topological polar surface area (TPSA) is 46.9 Å². The van der Waals surface area contributed by atoms with Crippen LogP contribution in [0.5, 0.6) is 0 Å². The largest absolute Gasteiger partial charge is 0.352 e. The Bertz CT molecular complexity index is 809. The Morgan fingerprint density at radius 3 is 2.75 bits per heavy atom. The second-order valence-corrected chi connectivity index (χ2v) is 5.86. The molecular formula is C20H21N3O. The average Bonchev–Trinajstić information content (AvgIpc) is 3.08. The average molecular weight is 319 g/mol. The minimum atomic E-state index is -0.0151. The zero-order chi connectivity index (χ0) is 16.8. The summed E-state index contributed by atoms with van der Waals surface area (Å²) in [5, 5.41) is 7.36. The van der Waals surface area contributed by atoms with Crippen LogP contribution in [0.2, 0.25) is 0 Å². The Kier molecular flexibility index (Phi) is 5.06. The molecule has 2 aromatic carbocycles. The lowest BCUT2D eigenvalue weighted by molar-refractivity contribution is 0.0953. The van der Waals surface area contributed by atoms with Crippen LogP contribution in [0.3, 0.4) is 0 Å². The molecule has 0 unspecified atom stereocenters. The predicted octanol–water partition coefficient (Wildman–Crippen LogP) is 3.54. The molecule has 3 aromatic rings. The Labute approximate surface area is 142 Å². The van der Waals surface area contributed by atoms with E-state index in [-0.39, 0.29) is 5.91 Å². The van der Waals surface area contributed by atoms with Crippen LogP contribution in [-0.4, -0.2) is 22.2 Å². The van der Waals surface area contributed by atoms with Gasteiger partial charge >= 0.3 is 0 Å². The molecule has 0 saturated heterocycles. The fourth-order valence-corrected chi connectivity index (χ4v) is 2.59. The molecule has 122 valence electrons. The lowest BCUT2D eigenvalue weighted by atomic mass is 10.1. The van der Waals surface area contributed by atoms with E-state index in [0.717, 1.165) is 24.1 Å². The molecule has 0 spiro atoms. The van der Waals surface area contributed by atoms with Crippen molar-refractivity contribution >= 4 is 5.91 Å². The first-order chi connectivity index (χ1) is 11.7. The zero-order valence-electron chi connectivity index (χ0n) is 13.8. The third-order valence-electron chi connectivity index (χ3n) is 3.86. The summed E-state index contributed by atoms with van der Waals surface area (Å²) in [5.74, 6) is -0.0151. The van der Waals surface area contributed by atoms with Gasteiger partial charge in [0.25, 0.3) is 5.91 Å². The third-order valence-corrected chi connectivity index (χ3v) is 3.86. The van der Waals surface area contributed by atoms with E-state index in [1.165, 1.54) is 5.56 Å². The van der Waals surface area contributed by atoms with Gasteiger partial charge in [0, 0.05) is 18.3 Å². The van der Waals surface area contributed by atoms with E-state index in [2.05, 4.69) is 10.4 Å². The van der Waals surface area contributed by atoms with Crippen LogP contribution in [0, 0.1) is 6.92 Å². The van der Waals surface area contributed by atoms with Crippen molar-refractivity contribution in [1.82, 2.24) is 15.1 Å². The number of aryl methyl sites for hydroxylation is 2. The molecule has 4 heteroatoms. The standard InChI is InChI=1S/C20H21N3O/c1-16-7-5-9-18(13-16)20(24)21-12-6-8-17-14-22-23(15-17)19-10-3-2-4-11-19/h2-5,7,9-11,13-15H,6,8,12H2,1H3,(H,21,24). The minimum Gasteiger partial charge on any atom is -0.352 e. The van der Waals surface area contributed by atoms with Crippen LogP contribution < -0.4 is 5.32 Å². The van der Waals surface area contributed by atoms with Gasteiger partial charge in [-0.15, -0.1) is 0 Å². The quantitative estimate of drug-likeness (QED) is 0.706. The van der Waals surface area contributed by atoms with Crippen molar-refractivity contribution in [1.29, 1.82) is 0 Å². The number of para-hydroxylation sites is 1. The van der Waals surface area contributed by atoms with Crippen molar-refractivity contribution in [3.05, 3.63) is 83.7 Å². The number of hydrogen-bond donors (Lipinski definition) is 1. The van der Waals surface area contributed by atoms with Crippen molar-refractivity contribution in [3.63, 3.8) is 0 Å². The Balaban J connectivity index is 1.47. The van der Waals surface area contributed by atoms with Crippen molar-refractivity contribution < 1.29 is 4.79 Å². The number of nitrogens with one attached hydrogen (secondary N) is 1. The SMILES string of the molecule is Cc1cccc(C(=O)NCCCc2cnn(-c3ccccc3)c2)c1. The number of benzene rings is 2. The number of carbonyl (C=O) groups is 1. The van der Waals surface area contributed by atoms with E-state index in [4.69, 9.17) is 0 Å². The van der Waals surface area contributed by atoms with Crippen LogP contribution in [0.1, 0.15) is 27.9 Å². The van der Waals surface area contributed by atoms with Crippen molar-refractivity contribution in [2.24, 2.45) is 0 Å². The van der Waals surface area contributed by atoms with Crippen LogP contribution in [-0.2, 0) is 6.42 Å². The van der Waals surface area contributed by atoms with Crippen molar-refractivity contribution in [3.8, 4) is 5.69 Å². The highest BCUT2D eigenvalue weighted by atomic mass is 16.1. The molecule has 0 atom stereocenters. The van der Waals surface area contributed by atoms with Crippen LogP contribution in [0.25, 0.3) is 5.69 Å². The Hall–Kier alpha value is -2.88. The van der Waals surface area contributed by atoms with Gasteiger partial charge in [0.2, 0.25) is 0 Å². The molecule has 1 heterocycles. The highest BCUT2D eigenvalue weighted by molar-refractivity contribution is 5.94. The summed E-state index contributed by atoms with van der Waals surface area (Å²) in [7, 11) is 0. The molecule has 4 nitrogen and oxygen atoms in total. The number of hydrogen-bond acceptors (Lipinski definition) is 2. The van der Waals surface area contributed by atoms with Crippen LogP contribution in [0.15, 0.2) is 67.0 Å². The molecule has 0 fully saturated rings. The van der Waals surface area contributed by atoms with Gasteiger partial charge in [0.15, 0.2) is 0 Å². The molecule has 1 N–H and O–H groups in total. The molecule has 0 aliphatic carbocycles. The monoisotopic (exact) mass is 319 g/mol. The lowest BCUT2D eigenvalue weighted by Crippen LogP contribution is -2.24. The second kappa shape index (κ2) is 7.59. The van der Waals surface area contributed by atoms with E-state index in [1.54, 1.807) is 0 Å². The van der Waals surface area contributed by atoms with E-state index in [0.29, 0.717) is 12.1 Å². The van der Waals surface area contributed by atoms with E-state index in [9.17, 15) is 4.79 Å². The maximum absolute atomic E-state index is 12.1. The maximum Gasteiger partial charge on any atom is 0.251 e. The molecule has 0 bridgehead atoms. The van der Waals surface area contributed by atoms with Crippen molar-refractivity contribution in [2.45, 2.75) is 19.8 Å². The molecule has 1 aromatic heterocycles. The van der Waals surface area contributed by atoms with E-state index in [1.807, 2.05) is 78.6 Å². The molecule has 3 rings (SSSR count). The van der Waals surface area contributed by atoms with Crippen LogP contribution in [0.4, 0.5) is 0 Å². The molecule has 24 heavy (non-hydrogen) atoms. The van der Waals surface area contributed by atoms with Crippen molar-refractivity contribution in [2.75, 3.05) is 6.54 Å². The summed E-state index contributed by atoms with van der Waals surface area (Å²) >= 11 is 0. The van der Waals surface area contributed by atoms with Gasteiger partial charge in [-0.05, 0) is 49.6 Å². The summed E-state index contributed by atoms with van der Waals surface area (Å²) < 4.78 is 1.88. The second-order valence-electron chi connectivity index (χ2n) is 5.86. The lowest BCUT2D eigenvalue weighted by Gasteiger charge is -2.05. The highest BCUT2D eigenvalue weighted by Gasteiger charge is 2.05. The van der Waals surface area contributed by atoms with Gasteiger partial charge in [-0.1, -0.05) is 35.9 Å². The van der Waals surface area contributed by atoms with Gasteiger partial charge in [-0.3, -0.25) is 4.79 Å². The number of aromatic nitrogens is 2. The third kappa shape index (κ3) is 4.10. The predicted molar refractivity (Wildman–Crippen MR) is 95.4 cm³/mol. The first-order valence-electron chi connectivity index (χ1n) is 8.16. The summed E-state index contributed by atoms with van der Waals surface area (Å²) in [5.41, 5.74) is 4.03. The first kappa shape index (κ1) is 16.0. The van der Waals surface area contributed by atoms with Gasteiger partial charge < -0.3 is 5.32 Å². The molecule has 0 aliphatic heterocycles. The smallest absolute Gasteiger partial charge is 0.251 e. The molecule has 1 amide bonds. The molecule has 0 saturated carbocycles. The fraction of sp³-hybridized carbons (Fsp3) is 0.200. The van der Waals surface area contributed by atoms with Gasteiger partial charge in [-0.2, -0.15) is 5.10 Å². The van der Waals surface area contributed by atoms with E-state index >= 15 is 0 Å². The Morgan fingerprint density at radius 2 is 1.96 bits per heavy atom. The van der Waals surface area contributed by atoms with Gasteiger partial charge in [0.1, 0.15) is 0 Å². The molecule has 0 aliphatic rings. The first-order valence-corrected chi connectivity index (χ1v) is 8.16.